The minimum absolute atomic E-state index is 0.00655. The molecule has 6 nitrogen and oxygen atoms in total. The number of aromatic nitrogens is 4. The van der Waals surface area contributed by atoms with Gasteiger partial charge >= 0.3 is 0 Å². The van der Waals surface area contributed by atoms with Gasteiger partial charge in [0.15, 0.2) is 0 Å². The Balaban J connectivity index is 2.02. The number of hydrogen-bond acceptors (Lipinski definition) is 5. The summed E-state index contributed by atoms with van der Waals surface area (Å²) in [6, 6.07) is 16.0. The van der Waals surface area contributed by atoms with Gasteiger partial charge in [0.05, 0.1) is 12.1 Å². The topological polar surface area (TPSA) is 66.6 Å². The third-order valence-electron chi connectivity index (χ3n) is 4.12. The van der Waals surface area contributed by atoms with Crippen LogP contribution in [0.5, 0.6) is 0 Å². The van der Waals surface area contributed by atoms with Gasteiger partial charge < -0.3 is 10.0 Å². The van der Waals surface area contributed by atoms with Crippen molar-refractivity contribution in [1.82, 2.24) is 19.6 Å². The molecular weight excluding hydrogens is 302 g/mol. The van der Waals surface area contributed by atoms with Crippen LogP contribution >= 0.6 is 0 Å². The van der Waals surface area contributed by atoms with E-state index in [0.29, 0.717) is 5.78 Å². The predicted octanol–water partition coefficient (Wildman–Crippen LogP) is 2.93. The summed E-state index contributed by atoms with van der Waals surface area (Å²) in [5.74, 6) is 1.38. The first-order valence-corrected chi connectivity index (χ1v) is 7.87. The number of benzene rings is 2. The molecule has 0 bridgehead atoms. The number of rotatable bonds is 4. The van der Waals surface area contributed by atoms with E-state index in [1.54, 1.807) is 6.33 Å². The first-order valence-electron chi connectivity index (χ1n) is 7.87. The van der Waals surface area contributed by atoms with Crippen LogP contribution in [0, 0.1) is 0 Å². The Bertz CT molecular complexity index is 996. The zero-order valence-electron chi connectivity index (χ0n) is 13.3. The molecule has 1 N–H and O–H groups in total. The van der Waals surface area contributed by atoms with Crippen LogP contribution in [0.1, 0.15) is 12.5 Å². The van der Waals surface area contributed by atoms with Gasteiger partial charge in [0.1, 0.15) is 12.1 Å². The van der Waals surface area contributed by atoms with Crippen LogP contribution in [0.4, 0.5) is 11.5 Å². The Morgan fingerprint density at radius 3 is 2.71 bits per heavy atom. The maximum Gasteiger partial charge on any atom is 0.257 e. The lowest BCUT2D eigenvalue weighted by Crippen LogP contribution is -2.18. The van der Waals surface area contributed by atoms with E-state index in [9.17, 15) is 5.11 Å². The van der Waals surface area contributed by atoms with Crippen molar-refractivity contribution in [3.8, 4) is 0 Å². The second-order valence-corrected chi connectivity index (χ2v) is 5.53. The van der Waals surface area contributed by atoms with Gasteiger partial charge in [0.25, 0.3) is 5.78 Å². The molecule has 2 aromatic heterocycles. The molecular formula is C18H17N5O. The van der Waals surface area contributed by atoms with Gasteiger partial charge in [-0.05, 0) is 36.8 Å². The number of nitrogens with zero attached hydrogens (tertiary/aromatic N) is 5. The van der Waals surface area contributed by atoms with Gasteiger partial charge in [0, 0.05) is 17.6 Å². The summed E-state index contributed by atoms with van der Waals surface area (Å²) >= 11 is 0. The molecule has 4 aromatic rings. The Morgan fingerprint density at radius 1 is 1.12 bits per heavy atom. The number of aliphatic hydroxyl groups is 1. The summed E-state index contributed by atoms with van der Waals surface area (Å²) < 4.78 is 1.84. The summed E-state index contributed by atoms with van der Waals surface area (Å²) in [7, 11) is 0. The van der Waals surface area contributed by atoms with Crippen molar-refractivity contribution >= 4 is 28.2 Å². The Kier molecular flexibility index (Phi) is 3.59. The molecule has 0 amide bonds. The van der Waals surface area contributed by atoms with E-state index in [2.05, 4.69) is 34.2 Å². The quantitative estimate of drug-likeness (QED) is 0.626. The highest BCUT2D eigenvalue weighted by Gasteiger charge is 2.16. The van der Waals surface area contributed by atoms with E-state index in [1.807, 2.05) is 40.8 Å². The predicted molar refractivity (Wildman–Crippen MR) is 93.3 cm³/mol. The largest absolute Gasteiger partial charge is 0.392 e. The van der Waals surface area contributed by atoms with Crippen molar-refractivity contribution < 1.29 is 5.11 Å². The summed E-state index contributed by atoms with van der Waals surface area (Å²) in [5.41, 5.74) is 2.85. The van der Waals surface area contributed by atoms with Gasteiger partial charge in [-0.3, -0.25) is 4.40 Å². The third kappa shape index (κ3) is 2.28. The highest BCUT2D eigenvalue weighted by Crippen LogP contribution is 2.31. The second kappa shape index (κ2) is 5.90. The molecule has 0 radical (unpaired) electrons. The van der Waals surface area contributed by atoms with Crippen LogP contribution in [0.15, 0.2) is 54.9 Å². The van der Waals surface area contributed by atoms with Crippen LogP contribution in [-0.4, -0.2) is 31.2 Å². The zero-order chi connectivity index (χ0) is 16.5. The molecule has 120 valence electrons. The Labute approximate surface area is 139 Å². The fourth-order valence-electron chi connectivity index (χ4n) is 2.96. The second-order valence-electron chi connectivity index (χ2n) is 5.53. The van der Waals surface area contributed by atoms with Gasteiger partial charge in [0.2, 0.25) is 0 Å². The fourth-order valence-corrected chi connectivity index (χ4v) is 2.96. The molecule has 0 aliphatic rings. The molecule has 6 heteroatoms. The normalized spacial score (nSPS) is 11.2. The molecule has 0 saturated carbocycles. The molecule has 2 aromatic carbocycles. The van der Waals surface area contributed by atoms with Crippen molar-refractivity contribution in [3.63, 3.8) is 0 Å². The molecule has 0 atom stereocenters. The maximum atomic E-state index is 9.46. The molecule has 0 fully saturated rings. The van der Waals surface area contributed by atoms with Crippen molar-refractivity contribution in [3.05, 3.63) is 60.4 Å². The number of anilines is 2. The molecule has 4 rings (SSSR count). The molecule has 0 aliphatic heterocycles. The first-order chi connectivity index (χ1) is 11.8. The van der Waals surface area contributed by atoms with Crippen LogP contribution in [0.2, 0.25) is 0 Å². The minimum Gasteiger partial charge on any atom is -0.392 e. The van der Waals surface area contributed by atoms with Gasteiger partial charge in [-0.25, -0.2) is 0 Å². The number of para-hydroxylation sites is 1. The maximum absolute atomic E-state index is 9.46. The zero-order valence-corrected chi connectivity index (χ0v) is 13.3. The van der Waals surface area contributed by atoms with E-state index < -0.39 is 0 Å². The van der Waals surface area contributed by atoms with Crippen LogP contribution in [-0.2, 0) is 6.61 Å². The van der Waals surface area contributed by atoms with Crippen LogP contribution in [0.3, 0.4) is 0 Å². The van der Waals surface area contributed by atoms with Crippen LogP contribution < -0.4 is 4.90 Å². The Hall–Kier alpha value is -2.99. The van der Waals surface area contributed by atoms with Gasteiger partial charge in [-0.1, -0.05) is 24.3 Å². The summed E-state index contributed by atoms with van der Waals surface area (Å²) in [6.45, 7) is 2.86. The first kappa shape index (κ1) is 14.6. The average molecular weight is 319 g/mol. The number of fused-ring (bicyclic) bond motifs is 3. The van der Waals surface area contributed by atoms with Gasteiger partial charge in [-0.2, -0.15) is 4.98 Å². The molecule has 0 unspecified atom stereocenters. The molecule has 0 spiro atoms. The highest BCUT2D eigenvalue weighted by atomic mass is 16.3. The highest BCUT2D eigenvalue weighted by molar-refractivity contribution is 5.93. The lowest BCUT2D eigenvalue weighted by molar-refractivity contribution is 0.282. The van der Waals surface area contributed by atoms with E-state index >= 15 is 0 Å². The van der Waals surface area contributed by atoms with E-state index in [1.165, 1.54) is 0 Å². The lowest BCUT2D eigenvalue weighted by atomic mass is 10.1. The summed E-state index contributed by atoms with van der Waals surface area (Å²) in [5, 5.41) is 18.5. The van der Waals surface area contributed by atoms with Gasteiger partial charge in [-0.15, -0.1) is 10.2 Å². The molecule has 0 aliphatic carbocycles. The number of hydrogen-bond donors (Lipinski definition) is 1. The van der Waals surface area contributed by atoms with Crippen molar-refractivity contribution in [2.45, 2.75) is 13.5 Å². The smallest absolute Gasteiger partial charge is 0.257 e. The fraction of sp³-hybridized carbons (Fsp3) is 0.167. The van der Waals surface area contributed by atoms with E-state index in [4.69, 9.17) is 4.98 Å². The van der Waals surface area contributed by atoms with Crippen molar-refractivity contribution in [2.24, 2.45) is 0 Å². The van der Waals surface area contributed by atoms with Crippen molar-refractivity contribution in [1.29, 1.82) is 0 Å². The minimum atomic E-state index is -0.00655. The standard InChI is InChI=1S/C18H17N5O/c1-2-22(14-6-4-3-5-7-14)17-15-9-8-13(11-24)10-16(15)23-12-19-21-18(23)20-17/h3-10,12,24H,2,11H2,1H3. The van der Waals surface area contributed by atoms with Crippen molar-refractivity contribution in [2.75, 3.05) is 11.4 Å². The molecule has 2 heterocycles. The third-order valence-corrected chi connectivity index (χ3v) is 4.12. The number of aliphatic hydroxyl groups excluding tert-OH is 1. The average Bonchev–Trinajstić information content (AvgIpc) is 3.11. The molecule has 24 heavy (non-hydrogen) atoms. The monoisotopic (exact) mass is 319 g/mol. The summed E-state index contributed by atoms with van der Waals surface area (Å²) in [6.07, 6.45) is 1.65. The SMILES string of the molecule is CCN(c1ccccc1)c1nc2nncn2c2cc(CO)ccc12. The Morgan fingerprint density at radius 2 is 1.96 bits per heavy atom. The van der Waals surface area contributed by atoms with E-state index in [-0.39, 0.29) is 6.61 Å². The lowest BCUT2D eigenvalue weighted by Gasteiger charge is -2.23. The molecule has 0 saturated heterocycles. The summed E-state index contributed by atoms with van der Waals surface area (Å²) in [4.78, 5) is 6.87. The van der Waals surface area contributed by atoms with Crippen LogP contribution in [0.25, 0.3) is 16.7 Å². The van der Waals surface area contributed by atoms with E-state index in [0.717, 1.165) is 34.5 Å².